The van der Waals surface area contributed by atoms with Gasteiger partial charge in [0.25, 0.3) is 0 Å². The van der Waals surface area contributed by atoms with Crippen molar-refractivity contribution in [3.8, 4) is 0 Å². The van der Waals surface area contributed by atoms with Gasteiger partial charge in [-0.25, -0.2) is 0 Å². The highest BCUT2D eigenvalue weighted by Gasteiger charge is 2.41. The van der Waals surface area contributed by atoms with E-state index in [1.807, 2.05) is 6.08 Å². The van der Waals surface area contributed by atoms with Crippen molar-refractivity contribution in [3.05, 3.63) is 12.7 Å². The average molecular weight is 268 g/mol. The molecule has 0 saturated heterocycles. The van der Waals surface area contributed by atoms with Gasteiger partial charge >= 0.3 is 0 Å². The van der Waals surface area contributed by atoms with Crippen LogP contribution < -0.4 is 0 Å². The maximum absolute atomic E-state index is 11.6. The highest BCUT2D eigenvalue weighted by atomic mass is 28.4. The summed E-state index contributed by atoms with van der Waals surface area (Å²) in [4.78, 5) is 11.6. The Labute approximate surface area is 113 Å². The van der Waals surface area contributed by atoms with Crippen molar-refractivity contribution < 1.29 is 9.22 Å². The molecule has 1 saturated carbocycles. The molecule has 0 radical (unpaired) electrons. The number of Topliss-reactive ketones (excluding diaryl/α,β-unsaturated/α-hetero) is 1. The zero-order chi connectivity index (χ0) is 14.0. The first-order valence-corrected chi connectivity index (χ1v) is 9.88. The fourth-order valence-corrected chi connectivity index (χ4v) is 3.65. The minimum absolute atomic E-state index is 0.229. The Hall–Kier alpha value is -0.413. The van der Waals surface area contributed by atoms with E-state index in [0.717, 1.165) is 12.8 Å². The van der Waals surface area contributed by atoms with Crippen LogP contribution >= 0.6 is 0 Å². The summed E-state index contributed by atoms with van der Waals surface area (Å²) in [7, 11) is -1.73. The lowest BCUT2D eigenvalue weighted by Crippen LogP contribution is -2.47. The number of allylic oxidation sites excluding steroid dienone is 1. The van der Waals surface area contributed by atoms with E-state index in [0.29, 0.717) is 24.5 Å². The highest BCUT2D eigenvalue weighted by molar-refractivity contribution is 6.74. The first kappa shape index (κ1) is 15.6. The topological polar surface area (TPSA) is 26.3 Å². The maximum Gasteiger partial charge on any atom is 0.192 e. The van der Waals surface area contributed by atoms with E-state index in [1.165, 1.54) is 0 Å². The normalized spacial score (nSPS) is 26.2. The van der Waals surface area contributed by atoms with Gasteiger partial charge in [-0.05, 0) is 36.9 Å². The summed E-state index contributed by atoms with van der Waals surface area (Å²) >= 11 is 0. The smallest absolute Gasteiger partial charge is 0.192 e. The zero-order valence-electron chi connectivity index (χ0n) is 12.6. The standard InChI is InChI=1S/C15H28O2Si/c1-7-8-12-11-13(16)9-10-14(12)17-18(5,6)15(2,3)4/h7,12,14H,1,8-11H2,2-6H3/t12-,14+/m1/s1. The van der Waals surface area contributed by atoms with Crippen LogP contribution in [0.15, 0.2) is 12.7 Å². The molecule has 0 aromatic carbocycles. The van der Waals surface area contributed by atoms with Gasteiger partial charge in [-0.2, -0.15) is 0 Å². The summed E-state index contributed by atoms with van der Waals surface area (Å²) in [6.07, 6.45) is 5.32. The third-order valence-corrected chi connectivity index (χ3v) is 8.95. The van der Waals surface area contributed by atoms with Crippen molar-refractivity contribution in [2.45, 2.75) is 70.7 Å². The highest BCUT2D eigenvalue weighted by Crippen LogP contribution is 2.40. The van der Waals surface area contributed by atoms with E-state index < -0.39 is 8.32 Å². The van der Waals surface area contributed by atoms with E-state index in [4.69, 9.17) is 4.43 Å². The molecule has 2 nitrogen and oxygen atoms in total. The second-order valence-electron chi connectivity index (χ2n) is 6.98. The van der Waals surface area contributed by atoms with Gasteiger partial charge < -0.3 is 4.43 Å². The Morgan fingerprint density at radius 2 is 2.06 bits per heavy atom. The number of ketones is 1. The number of rotatable bonds is 4. The van der Waals surface area contributed by atoms with Crippen LogP contribution in [-0.2, 0) is 9.22 Å². The van der Waals surface area contributed by atoms with E-state index in [2.05, 4.69) is 40.4 Å². The van der Waals surface area contributed by atoms with Crippen molar-refractivity contribution in [2.75, 3.05) is 0 Å². The minimum Gasteiger partial charge on any atom is -0.414 e. The molecule has 104 valence electrons. The molecule has 0 N–H and O–H groups in total. The van der Waals surface area contributed by atoms with Crippen LogP contribution in [0.4, 0.5) is 0 Å². The first-order chi connectivity index (χ1) is 8.17. The third kappa shape index (κ3) is 3.79. The van der Waals surface area contributed by atoms with E-state index >= 15 is 0 Å². The molecule has 0 unspecified atom stereocenters. The quantitative estimate of drug-likeness (QED) is 0.560. The summed E-state index contributed by atoms with van der Waals surface area (Å²) in [5.74, 6) is 0.731. The molecule has 1 aliphatic carbocycles. The molecule has 0 amide bonds. The summed E-state index contributed by atoms with van der Waals surface area (Å²) < 4.78 is 6.50. The van der Waals surface area contributed by atoms with Gasteiger partial charge in [-0.3, -0.25) is 4.79 Å². The average Bonchev–Trinajstić information content (AvgIpc) is 2.20. The van der Waals surface area contributed by atoms with Crippen molar-refractivity contribution in [2.24, 2.45) is 5.92 Å². The molecule has 0 spiro atoms. The van der Waals surface area contributed by atoms with Gasteiger partial charge in [0.2, 0.25) is 0 Å². The Morgan fingerprint density at radius 3 is 2.56 bits per heavy atom. The van der Waals surface area contributed by atoms with Crippen LogP contribution in [0.5, 0.6) is 0 Å². The molecule has 3 heteroatoms. The van der Waals surface area contributed by atoms with Crippen LogP contribution in [-0.4, -0.2) is 20.2 Å². The molecule has 1 fully saturated rings. The second kappa shape index (κ2) is 5.70. The third-order valence-electron chi connectivity index (χ3n) is 4.44. The van der Waals surface area contributed by atoms with Crippen LogP contribution in [0.3, 0.4) is 0 Å². The molecule has 0 aromatic rings. The maximum atomic E-state index is 11.6. The van der Waals surface area contributed by atoms with E-state index in [-0.39, 0.29) is 11.1 Å². The van der Waals surface area contributed by atoms with Crippen LogP contribution in [0.1, 0.15) is 46.5 Å². The fraction of sp³-hybridized carbons (Fsp3) is 0.800. The van der Waals surface area contributed by atoms with Gasteiger partial charge in [-0.1, -0.05) is 26.8 Å². The minimum atomic E-state index is -1.73. The molecule has 2 atom stereocenters. The molecule has 0 bridgehead atoms. The van der Waals surface area contributed by atoms with E-state index in [1.54, 1.807) is 0 Å². The molecule has 0 aromatic heterocycles. The Morgan fingerprint density at radius 1 is 1.44 bits per heavy atom. The van der Waals surface area contributed by atoms with Crippen LogP contribution in [0.2, 0.25) is 18.1 Å². The van der Waals surface area contributed by atoms with Crippen molar-refractivity contribution >= 4 is 14.1 Å². The van der Waals surface area contributed by atoms with Gasteiger partial charge in [0.05, 0.1) is 0 Å². The summed E-state index contributed by atoms with van der Waals surface area (Å²) in [6.45, 7) is 15.2. The Kier molecular flexibility index (Phi) is 4.95. The lowest BCUT2D eigenvalue weighted by Gasteiger charge is -2.42. The van der Waals surface area contributed by atoms with Crippen molar-refractivity contribution in [1.82, 2.24) is 0 Å². The molecule has 1 aliphatic rings. The van der Waals surface area contributed by atoms with Crippen molar-refractivity contribution in [3.63, 3.8) is 0 Å². The van der Waals surface area contributed by atoms with Crippen molar-refractivity contribution in [1.29, 1.82) is 0 Å². The van der Waals surface area contributed by atoms with Crippen LogP contribution in [0.25, 0.3) is 0 Å². The number of carbonyl (C=O) groups excluding carboxylic acids is 1. The number of carbonyl (C=O) groups is 1. The van der Waals surface area contributed by atoms with Gasteiger partial charge in [0, 0.05) is 18.9 Å². The molecule has 0 heterocycles. The molecular weight excluding hydrogens is 240 g/mol. The summed E-state index contributed by atoms with van der Waals surface area (Å²) in [6, 6.07) is 0. The van der Waals surface area contributed by atoms with Gasteiger partial charge in [-0.15, -0.1) is 6.58 Å². The molecule has 1 rings (SSSR count). The predicted molar refractivity (Wildman–Crippen MR) is 79.2 cm³/mol. The lowest BCUT2D eigenvalue weighted by atomic mass is 9.84. The largest absolute Gasteiger partial charge is 0.414 e. The summed E-state index contributed by atoms with van der Waals surface area (Å²) in [5.41, 5.74) is 0. The van der Waals surface area contributed by atoms with E-state index in [9.17, 15) is 4.79 Å². The summed E-state index contributed by atoms with van der Waals surface area (Å²) in [5, 5.41) is 0.229. The Balaban J connectivity index is 2.74. The van der Waals surface area contributed by atoms with Gasteiger partial charge in [0.1, 0.15) is 5.78 Å². The monoisotopic (exact) mass is 268 g/mol. The first-order valence-electron chi connectivity index (χ1n) is 6.98. The van der Waals surface area contributed by atoms with Gasteiger partial charge in [0.15, 0.2) is 8.32 Å². The lowest BCUT2D eigenvalue weighted by molar-refractivity contribution is -0.124. The number of hydrogen-bond donors (Lipinski definition) is 0. The molecular formula is C15H28O2Si. The second-order valence-corrected chi connectivity index (χ2v) is 11.7. The number of hydrogen-bond acceptors (Lipinski definition) is 2. The molecule has 18 heavy (non-hydrogen) atoms. The zero-order valence-corrected chi connectivity index (χ0v) is 13.6. The fourth-order valence-electron chi connectivity index (χ4n) is 2.22. The van der Waals surface area contributed by atoms with Crippen LogP contribution in [0, 0.1) is 5.92 Å². The Bertz CT molecular complexity index is 315. The SMILES string of the molecule is C=CC[C@@H]1CC(=O)CC[C@@H]1O[Si](C)(C)C(C)(C)C. The predicted octanol–water partition coefficient (Wildman–Crippen LogP) is 4.32. The molecule has 0 aliphatic heterocycles.